The second-order valence-electron chi connectivity index (χ2n) is 6.82. The predicted molar refractivity (Wildman–Crippen MR) is 109 cm³/mol. The second-order valence-corrected chi connectivity index (χ2v) is 6.82. The number of carbonyl (C=O) groups excluding carboxylic acids is 1. The lowest BCUT2D eigenvalue weighted by Gasteiger charge is -2.10. The first-order valence-electron chi connectivity index (χ1n) is 9.58. The molecule has 1 aromatic carbocycles. The Morgan fingerprint density at radius 1 is 1.03 bits per heavy atom. The number of aryl methyl sites for hydroxylation is 2. The first kappa shape index (κ1) is 19.5. The number of ether oxygens (including phenoxy) is 2. The van der Waals surface area contributed by atoms with E-state index in [0.29, 0.717) is 30.3 Å². The van der Waals surface area contributed by atoms with Gasteiger partial charge in [-0.05, 0) is 67.8 Å². The number of aromatic nitrogens is 5. The van der Waals surface area contributed by atoms with Crippen LogP contribution >= 0.6 is 0 Å². The summed E-state index contributed by atoms with van der Waals surface area (Å²) >= 11 is 0. The molecular formula is C22H21N5O3. The molecule has 3 heterocycles. The van der Waals surface area contributed by atoms with Gasteiger partial charge >= 0.3 is 5.97 Å². The van der Waals surface area contributed by atoms with Crippen LogP contribution in [0.15, 0.2) is 55.1 Å². The van der Waals surface area contributed by atoms with Gasteiger partial charge in [0.25, 0.3) is 5.78 Å². The third-order valence-electron chi connectivity index (χ3n) is 4.78. The highest BCUT2D eigenvalue weighted by atomic mass is 16.5. The van der Waals surface area contributed by atoms with Gasteiger partial charge in [0.2, 0.25) is 0 Å². The molecule has 8 nitrogen and oxygen atoms in total. The fourth-order valence-corrected chi connectivity index (χ4v) is 3.18. The summed E-state index contributed by atoms with van der Waals surface area (Å²) < 4.78 is 12.9. The molecule has 0 unspecified atom stereocenters. The van der Waals surface area contributed by atoms with Crippen LogP contribution in [0.5, 0.6) is 11.5 Å². The van der Waals surface area contributed by atoms with Gasteiger partial charge in [-0.25, -0.2) is 9.50 Å². The molecular weight excluding hydrogens is 382 g/mol. The minimum absolute atomic E-state index is 0.240. The molecule has 0 spiro atoms. The number of benzene rings is 1. The Hall–Kier alpha value is -3.81. The largest absolute Gasteiger partial charge is 0.489 e. The van der Waals surface area contributed by atoms with Crippen molar-refractivity contribution in [1.82, 2.24) is 24.6 Å². The van der Waals surface area contributed by atoms with Crippen molar-refractivity contribution in [3.8, 4) is 11.5 Å². The van der Waals surface area contributed by atoms with E-state index in [4.69, 9.17) is 9.47 Å². The van der Waals surface area contributed by atoms with Crippen LogP contribution in [0.4, 0.5) is 0 Å². The summed E-state index contributed by atoms with van der Waals surface area (Å²) in [5, 5.41) is 4.17. The summed E-state index contributed by atoms with van der Waals surface area (Å²) in [6, 6.07) is 10.8. The minimum atomic E-state index is -0.307. The lowest BCUT2D eigenvalue weighted by Crippen LogP contribution is -2.12. The highest BCUT2D eigenvalue weighted by Crippen LogP contribution is 2.20. The Morgan fingerprint density at radius 3 is 2.53 bits per heavy atom. The maximum absolute atomic E-state index is 12.3. The number of rotatable bonds is 7. The molecule has 3 aromatic heterocycles. The summed E-state index contributed by atoms with van der Waals surface area (Å²) in [5.41, 5.74) is 3.78. The Morgan fingerprint density at radius 2 is 1.77 bits per heavy atom. The fourth-order valence-electron chi connectivity index (χ4n) is 3.18. The molecule has 0 amide bonds. The Labute approximate surface area is 173 Å². The zero-order valence-corrected chi connectivity index (χ0v) is 16.8. The van der Waals surface area contributed by atoms with Crippen molar-refractivity contribution < 1.29 is 14.3 Å². The van der Waals surface area contributed by atoms with Gasteiger partial charge in [-0.15, -0.1) is 0 Å². The molecule has 30 heavy (non-hydrogen) atoms. The van der Waals surface area contributed by atoms with E-state index in [1.165, 1.54) is 6.33 Å². The van der Waals surface area contributed by atoms with Crippen molar-refractivity contribution >= 4 is 11.7 Å². The minimum Gasteiger partial charge on any atom is -0.489 e. The third-order valence-corrected chi connectivity index (χ3v) is 4.78. The molecule has 4 rings (SSSR count). The van der Waals surface area contributed by atoms with Crippen LogP contribution in [0, 0.1) is 13.8 Å². The average Bonchev–Trinajstić information content (AvgIpc) is 3.22. The van der Waals surface area contributed by atoms with Crippen molar-refractivity contribution in [3.63, 3.8) is 0 Å². The quantitative estimate of drug-likeness (QED) is 0.345. The van der Waals surface area contributed by atoms with Crippen LogP contribution in [0.3, 0.4) is 0 Å². The molecule has 0 saturated heterocycles. The van der Waals surface area contributed by atoms with Gasteiger partial charge in [-0.2, -0.15) is 10.1 Å². The van der Waals surface area contributed by atoms with Crippen molar-refractivity contribution in [2.24, 2.45) is 0 Å². The number of hydrogen-bond acceptors (Lipinski definition) is 7. The topological polar surface area (TPSA) is 91.5 Å². The van der Waals surface area contributed by atoms with Gasteiger partial charge in [0.15, 0.2) is 0 Å². The number of carbonyl (C=O) groups is 1. The maximum Gasteiger partial charge on any atom is 0.311 e. The average molecular weight is 403 g/mol. The number of nitrogens with zero attached hydrogens (tertiary/aromatic N) is 5. The molecule has 0 atom stereocenters. The molecule has 0 radical (unpaired) electrons. The van der Waals surface area contributed by atoms with E-state index < -0.39 is 0 Å². The Balaban J connectivity index is 1.32. The first-order valence-corrected chi connectivity index (χ1v) is 9.58. The molecule has 0 fully saturated rings. The second kappa shape index (κ2) is 8.69. The molecule has 0 saturated carbocycles. The van der Waals surface area contributed by atoms with E-state index >= 15 is 0 Å². The van der Waals surface area contributed by atoms with Crippen LogP contribution < -0.4 is 9.47 Å². The van der Waals surface area contributed by atoms with Gasteiger partial charge in [-0.1, -0.05) is 0 Å². The molecule has 0 aliphatic heterocycles. The van der Waals surface area contributed by atoms with Crippen molar-refractivity contribution in [1.29, 1.82) is 0 Å². The van der Waals surface area contributed by atoms with E-state index in [-0.39, 0.29) is 12.4 Å². The van der Waals surface area contributed by atoms with Crippen LogP contribution in [0.2, 0.25) is 0 Å². The normalized spacial score (nSPS) is 10.9. The van der Waals surface area contributed by atoms with Gasteiger partial charge < -0.3 is 9.47 Å². The van der Waals surface area contributed by atoms with Gasteiger partial charge in [0, 0.05) is 23.8 Å². The standard InChI is InChI=1S/C22H21N5O3/c1-15-20(16(2)27-22(26-15)24-14-25-27)7-8-21(28)30-19-5-3-18(4-6-19)29-13-17-9-11-23-12-10-17/h3-6,9-12,14H,7-8,13H2,1-2H3. The summed E-state index contributed by atoms with van der Waals surface area (Å²) in [6.45, 7) is 4.30. The molecule has 0 aliphatic carbocycles. The number of hydrogen-bond donors (Lipinski definition) is 0. The van der Waals surface area contributed by atoms with E-state index in [1.807, 2.05) is 26.0 Å². The highest BCUT2D eigenvalue weighted by molar-refractivity contribution is 5.72. The molecule has 152 valence electrons. The number of pyridine rings is 1. The zero-order valence-electron chi connectivity index (χ0n) is 16.8. The van der Waals surface area contributed by atoms with Crippen LogP contribution in [-0.2, 0) is 17.8 Å². The molecule has 0 bridgehead atoms. The van der Waals surface area contributed by atoms with Gasteiger partial charge in [-0.3, -0.25) is 9.78 Å². The zero-order chi connectivity index (χ0) is 20.9. The highest BCUT2D eigenvalue weighted by Gasteiger charge is 2.13. The monoisotopic (exact) mass is 403 g/mol. The lowest BCUT2D eigenvalue weighted by molar-refractivity contribution is -0.134. The van der Waals surface area contributed by atoms with Crippen molar-refractivity contribution in [2.45, 2.75) is 33.3 Å². The molecule has 0 N–H and O–H groups in total. The summed E-state index contributed by atoms with van der Waals surface area (Å²) in [4.78, 5) is 24.8. The Bertz CT molecular complexity index is 1160. The van der Waals surface area contributed by atoms with E-state index in [1.54, 1.807) is 41.2 Å². The fraction of sp³-hybridized carbons (Fsp3) is 0.227. The van der Waals surface area contributed by atoms with Gasteiger partial charge in [0.05, 0.1) is 6.42 Å². The third kappa shape index (κ3) is 4.43. The molecule has 0 aliphatic rings. The van der Waals surface area contributed by atoms with Crippen LogP contribution in [0.25, 0.3) is 5.78 Å². The smallest absolute Gasteiger partial charge is 0.311 e. The maximum atomic E-state index is 12.3. The Kier molecular flexibility index (Phi) is 5.65. The first-order chi connectivity index (χ1) is 14.6. The van der Waals surface area contributed by atoms with Gasteiger partial charge in [0.1, 0.15) is 24.4 Å². The van der Waals surface area contributed by atoms with Crippen LogP contribution in [0.1, 0.15) is 28.9 Å². The summed E-state index contributed by atoms with van der Waals surface area (Å²) in [5.74, 6) is 1.43. The van der Waals surface area contributed by atoms with Crippen molar-refractivity contribution in [2.75, 3.05) is 0 Å². The van der Waals surface area contributed by atoms with E-state index in [9.17, 15) is 4.79 Å². The lowest BCUT2D eigenvalue weighted by atomic mass is 10.1. The summed E-state index contributed by atoms with van der Waals surface area (Å²) in [7, 11) is 0. The van der Waals surface area contributed by atoms with E-state index in [0.717, 1.165) is 22.5 Å². The van der Waals surface area contributed by atoms with Crippen molar-refractivity contribution in [3.05, 3.63) is 77.6 Å². The SMILES string of the molecule is Cc1nc2ncnn2c(C)c1CCC(=O)Oc1ccc(OCc2ccncc2)cc1. The number of fused-ring (bicyclic) bond motifs is 1. The molecule has 4 aromatic rings. The predicted octanol–water partition coefficient (Wildman–Crippen LogP) is 3.25. The number of esters is 1. The summed E-state index contributed by atoms with van der Waals surface area (Å²) in [6.07, 6.45) is 5.68. The van der Waals surface area contributed by atoms with E-state index in [2.05, 4.69) is 20.1 Å². The van der Waals surface area contributed by atoms with Crippen LogP contribution in [-0.4, -0.2) is 30.5 Å². The molecule has 8 heteroatoms.